The molecule has 6 atom stereocenters. The highest BCUT2D eigenvalue weighted by Gasteiger charge is 2.65. The first kappa shape index (κ1) is 41.7. The van der Waals surface area contributed by atoms with Crippen molar-refractivity contribution in [2.24, 2.45) is 22.9 Å². The van der Waals surface area contributed by atoms with Gasteiger partial charge in [-0.3, -0.25) is 4.79 Å². The molecule has 11 nitrogen and oxygen atoms in total. The normalized spacial score (nSPS) is 23.6. The van der Waals surface area contributed by atoms with Crippen molar-refractivity contribution in [3.63, 3.8) is 0 Å². The van der Waals surface area contributed by atoms with Gasteiger partial charge < -0.3 is 39.5 Å². The summed E-state index contributed by atoms with van der Waals surface area (Å²) in [5.41, 5.74) is 3.96. The van der Waals surface area contributed by atoms with Crippen LogP contribution in [-0.4, -0.2) is 78.6 Å². The molecule has 0 aromatic heterocycles. The summed E-state index contributed by atoms with van der Waals surface area (Å²) in [4.78, 5) is 35.1. The number of aliphatic hydroxyl groups excluding tert-OH is 2. The molecule has 3 aliphatic rings. The fourth-order valence-electron chi connectivity index (χ4n) is 9.48. The van der Waals surface area contributed by atoms with Gasteiger partial charge in [-0.05, 0) is 89.8 Å². The van der Waals surface area contributed by atoms with E-state index in [-0.39, 0.29) is 49.9 Å². The summed E-state index contributed by atoms with van der Waals surface area (Å²) >= 11 is 0. The average Bonchev–Trinajstić information content (AvgIpc) is 3.26. The summed E-state index contributed by atoms with van der Waals surface area (Å²) in [5.74, 6) is -1.31. The van der Waals surface area contributed by atoms with Crippen molar-refractivity contribution in [1.82, 2.24) is 10.2 Å². The van der Waals surface area contributed by atoms with Gasteiger partial charge in [0.05, 0.1) is 18.2 Å². The van der Waals surface area contributed by atoms with Crippen molar-refractivity contribution in [3.8, 4) is 11.5 Å². The van der Waals surface area contributed by atoms with E-state index in [2.05, 4.69) is 23.1 Å². The maximum absolute atomic E-state index is 14.7. The number of likely N-dealkylation sites (N-methyl/N-ethyl adjacent to an activating group) is 1. The smallest absolute Gasteiger partial charge is 0.412 e. The van der Waals surface area contributed by atoms with Gasteiger partial charge in [0.1, 0.15) is 24.7 Å². The van der Waals surface area contributed by atoms with Gasteiger partial charge in [-0.25, -0.2) is 4.79 Å². The Balaban J connectivity index is 1.35. The summed E-state index contributed by atoms with van der Waals surface area (Å²) in [7, 11) is 3.32. The van der Waals surface area contributed by atoms with Crippen LogP contribution in [0, 0.1) is 17.8 Å². The number of nitrogens with one attached hydrogen (secondary N) is 1. The van der Waals surface area contributed by atoms with Crippen molar-refractivity contribution in [1.29, 1.82) is 0 Å². The predicted octanol–water partition coefficient (Wildman–Crippen LogP) is 8.16. The number of nitrogens with zero attached hydrogens (tertiary/aromatic N) is 2. The molecule has 0 bridgehead atoms. The quantitative estimate of drug-likeness (QED) is 0.0553. The minimum Gasteiger partial charge on any atom is -0.459 e. The zero-order valence-electron chi connectivity index (χ0n) is 33.9. The van der Waals surface area contributed by atoms with Gasteiger partial charge in [-0.15, -0.1) is 6.58 Å². The van der Waals surface area contributed by atoms with Crippen LogP contribution >= 0.6 is 0 Å². The number of fused-ring (bicyclic) bond motifs is 3. The number of ether oxygens (including phenoxy) is 3. The highest BCUT2D eigenvalue weighted by Crippen LogP contribution is 2.61. The SMILES string of the molecule is C=CCOC12Oc3ccc(OC(=O)NCc4ccccc4)cc3C3C(CCCCO)C(CCCCO)C=C(C(=NOC)CC1N(C)C(=O)c1ccc4ccccc4c1)C32. The van der Waals surface area contributed by atoms with E-state index in [4.69, 9.17) is 19.0 Å². The van der Waals surface area contributed by atoms with Crippen molar-refractivity contribution in [2.75, 3.05) is 34.0 Å². The number of hydrogen-bond acceptors (Lipinski definition) is 9. The Hall–Kier alpha value is -5.49. The maximum Gasteiger partial charge on any atom is 0.412 e. The average molecular weight is 802 g/mol. The molecule has 0 spiro atoms. The molecule has 1 saturated carbocycles. The first-order valence-corrected chi connectivity index (χ1v) is 20.7. The predicted molar refractivity (Wildman–Crippen MR) is 227 cm³/mol. The van der Waals surface area contributed by atoms with Crippen LogP contribution in [-0.2, 0) is 16.1 Å². The summed E-state index contributed by atoms with van der Waals surface area (Å²) in [6.45, 7) is 4.63. The molecule has 0 radical (unpaired) electrons. The molecule has 59 heavy (non-hydrogen) atoms. The van der Waals surface area contributed by atoms with E-state index in [1.807, 2.05) is 84.9 Å². The Morgan fingerprint density at radius 3 is 2.44 bits per heavy atom. The molecule has 11 heteroatoms. The molecule has 4 aromatic carbocycles. The summed E-state index contributed by atoms with van der Waals surface area (Å²) < 4.78 is 20.1. The van der Waals surface area contributed by atoms with Gasteiger partial charge in [0, 0.05) is 50.3 Å². The second-order valence-corrected chi connectivity index (χ2v) is 15.7. The monoisotopic (exact) mass is 801 g/mol. The molecule has 1 heterocycles. The van der Waals surface area contributed by atoms with E-state index in [1.54, 1.807) is 24.1 Å². The summed E-state index contributed by atoms with van der Waals surface area (Å²) in [5, 5.41) is 29.2. The lowest BCUT2D eigenvalue weighted by atomic mass is 9.55. The minimum absolute atomic E-state index is 0.0227. The Kier molecular flexibility index (Phi) is 13.5. The third kappa shape index (κ3) is 8.78. The van der Waals surface area contributed by atoms with E-state index in [0.717, 1.165) is 53.2 Å². The number of amides is 2. The molecule has 1 aliphatic heterocycles. The summed E-state index contributed by atoms with van der Waals surface area (Å²) in [6, 6.07) is 28.1. The Bertz CT molecular complexity index is 2170. The van der Waals surface area contributed by atoms with Gasteiger partial charge in [-0.2, -0.15) is 0 Å². The summed E-state index contributed by atoms with van der Waals surface area (Å²) in [6.07, 6.45) is 8.18. The van der Waals surface area contributed by atoms with Crippen molar-refractivity contribution in [2.45, 2.75) is 69.2 Å². The molecule has 0 saturated heterocycles. The molecular weight excluding hydrogens is 747 g/mol. The van der Waals surface area contributed by atoms with Crippen LogP contribution in [0.5, 0.6) is 11.5 Å². The van der Waals surface area contributed by atoms with Gasteiger partial charge in [0.15, 0.2) is 0 Å². The Labute approximate surface area is 346 Å². The maximum atomic E-state index is 14.7. The standard InChI is InChI=1S/C48H55N3O8/c1-4-26-57-48-43(51(2)46(54)36-21-20-33-16-8-9-17-34(33)27-36)30-41(50-56-3)39-28-35(18-10-12-24-52)38(19-11-13-25-53)44(45(39)48)40-29-37(22-23-42(40)59-48)58-47(55)49-31-32-14-6-5-7-15-32/h4-9,14-17,20-23,27-29,35,38,43-45,52-53H,1,10-13,18-19,24-26,30-31H2,2-3H3,(H,49,55). The number of carbonyl (C=O) groups excluding carboxylic acids is 2. The number of aliphatic hydroxyl groups is 2. The van der Waals surface area contributed by atoms with Crippen molar-refractivity contribution >= 4 is 28.5 Å². The number of oxime groups is 1. The fraction of sp³-hybridized carbons (Fsp3) is 0.396. The van der Waals surface area contributed by atoms with Gasteiger partial charge in [0.25, 0.3) is 5.91 Å². The van der Waals surface area contributed by atoms with E-state index < -0.39 is 23.8 Å². The number of allylic oxidation sites excluding steroid dienone is 1. The van der Waals surface area contributed by atoms with Crippen LogP contribution < -0.4 is 14.8 Å². The number of unbranched alkanes of at least 4 members (excludes halogenated alkanes) is 2. The lowest BCUT2D eigenvalue weighted by Gasteiger charge is -2.59. The molecule has 7 rings (SSSR count). The van der Waals surface area contributed by atoms with Crippen LogP contribution in [0.2, 0.25) is 0 Å². The molecule has 3 N–H and O–H groups in total. The number of benzene rings is 4. The van der Waals surface area contributed by atoms with E-state index in [1.165, 1.54) is 7.11 Å². The molecule has 2 aliphatic carbocycles. The molecule has 1 fully saturated rings. The van der Waals surface area contributed by atoms with Crippen molar-refractivity contribution in [3.05, 3.63) is 132 Å². The first-order valence-electron chi connectivity index (χ1n) is 20.7. The van der Waals surface area contributed by atoms with Crippen LogP contribution in [0.1, 0.15) is 72.3 Å². The van der Waals surface area contributed by atoms with Crippen LogP contribution in [0.25, 0.3) is 10.8 Å². The third-order valence-corrected chi connectivity index (χ3v) is 12.1. The van der Waals surface area contributed by atoms with E-state index in [9.17, 15) is 19.8 Å². The van der Waals surface area contributed by atoms with E-state index in [0.29, 0.717) is 42.2 Å². The van der Waals surface area contributed by atoms with Gasteiger partial charge in [0.2, 0.25) is 5.79 Å². The zero-order chi connectivity index (χ0) is 41.4. The van der Waals surface area contributed by atoms with E-state index >= 15 is 0 Å². The lowest BCUT2D eigenvalue weighted by molar-refractivity contribution is -0.252. The Morgan fingerprint density at radius 2 is 1.69 bits per heavy atom. The fourth-order valence-corrected chi connectivity index (χ4v) is 9.48. The van der Waals surface area contributed by atoms with Crippen molar-refractivity contribution < 1.29 is 38.9 Å². The van der Waals surface area contributed by atoms with Crippen LogP contribution in [0.15, 0.2) is 120 Å². The molecule has 4 aromatic rings. The van der Waals surface area contributed by atoms with Gasteiger partial charge >= 0.3 is 6.09 Å². The zero-order valence-corrected chi connectivity index (χ0v) is 33.9. The molecule has 310 valence electrons. The van der Waals surface area contributed by atoms with Crippen LogP contribution in [0.3, 0.4) is 0 Å². The molecular formula is C48H55N3O8. The lowest BCUT2D eigenvalue weighted by Crippen LogP contribution is -2.69. The minimum atomic E-state index is -1.40. The highest BCUT2D eigenvalue weighted by atomic mass is 16.7. The number of carbonyl (C=O) groups is 2. The second-order valence-electron chi connectivity index (χ2n) is 15.7. The van der Waals surface area contributed by atoms with Crippen LogP contribution in [0.4, 0.5) is 4.79 Å². The largest absolute Gasteiger partial charge is 0.459 e. The Morgan fingerprint density at radius 1 is 0.949 bits per heavy atom. The highest BCUT2D eigenvalue weighted by molar-refractivity contribution is 6.04. The molecule has 2 amide bonds. The topological polar surface area (TPSA) is 139 Å². The number of hydrogen-bond donors (Lipinski definition) is 3. The second kappa shape index (κ2) is 19.1. The third-order valence-electron chi connectivity index (χ3n) is 12.1. The molecule has 6 unspecified atom stereocenters. The number of rotatable bonds is 17. The first-order chi connectivity index (χ1) is 28.8. The van der Waals surface area contributed by atoms with Gasteiger partial charge in [-0.1, -0.05) is 90.8 Å².